The molecule has 0 fully saturated rings. The number of benzene rings is 1. The van der Waals surface area contributed by atoms with Crippen LogP contribution in [0.5, 0.6) is 0 Å². The molecule has 7 heteroatoms. The van der Waals surface area contributed by atoms with Crippen LogP contribution in [0.25, 0.3) is 0 Å². The van der Waals surface area contributed by atoms with Gasteiger partial charge in [0.05, 0.1) is 5.56 Å². The predicted octanol–water partition coefficient (Wildman–Crippen LogP) is 1.72. The number of carboxylic acid groups (broad SMARTS) is 1. The molecule has 3 rings (SSSR count). The largest absolute Gasteiger partial charge is 0.478 e. The van der Waals surface area contributed by atoms with Crippen LogP contribution in [0, 0.1) is 0 Å². The van der Waals surface area contributed by atoms with E-state index in [4.69, 9.17) is 5.11 Å². The Labute approximate surface area is 120 Å². The Balaban J connectivity index is 1.72. The Morgan fingerprint density at radius 2 is 1.86 bits per heavy atom. The summed E-state index contributed by atoms with van der Waals surface area (Å²) in [5.74, 6) is -0.733. The summed E-state index contributed by atoms with van der Waals surface area (Å²) in [5, 5.41) is 11.6. The molecule has 2 amide bonds. The molecule has 1 aromatic heterocycles. The number of carboxylic acids is 1. The number of carbonyl (C=O) groups excluding carboxylic acids is 1. The van der Waals surface area contributed by atoms with Crippen LogP contribution in [0.1, 0.15) is 21.5 Å². The van der Waals surface area contributed by atoms with Crippen molar-refractivity contribution < 1.29 is 14.7 Å². The molecule has 0 bridgehead atoms. The van der Waals surface area contributed by atoms with Crippen LogP contribution < -0.4 is 5.32 Å². The maximum atomic E-state index is 12.1. The van der Waals surface area contributed by atoms with Gasteiger partial charge in [0.25, 0.3) is 0 Å². The normalized spacial score (nSPS) is 12.9. The molecule has 0 saturated heterocycles. The van der Waals surface area contributed by atoms with Crippen molar-refractivity contribution in [2.75, 3.05) is 5.32 Å². The molecule has 0 spiro atoms. The van der Waals surface area contributed by atoms with Gasteiger partial charge in [-0.1, -0.05) is 6.07 Å². The minimum absolute atomic E-state index is 0.224. The van der Waals surface area contributed by atoms with E-state index in [0.29, 0.717) is 13.1 Å². The summed E-state index contributed by atoms with van der Waals surface area (Å²) in [7, 11) is 0. The average Bonchev–Trinajstić information content (AvgIpc) is 2.91. The number of aromatic carboxylic acids is 1. The van der Waals surface area contributed by atoms with Gasteiger partial charge in [-0.05, 0) is 29.3 Å². The number of hydrogen-bond acceptors (Lipinski definition) is 4. The van der Waals surface area contributed by atoms with Crippen molar-refractivity contribution in [2.24, 2.45) is 0 Å². The van der Waals surface area contributed by atoms with Gasteiger partial charge < -0.3 is 10.0 Å². The van der Waals surface area contributed by atoms with Gasteiger partial charge in [0.15, 0.2) is 0 Å². The number of fused-ring (bicyclic) bond motifs is 1. The first-order valence-corrected chi connectivity index (χ1v) is 6.31. The predicted molar refractivity (Wildman–Crippen MR) is 73.7 cm³/mol. The summed E-state index contributed by atoms with van der Waals surface area (Å²) in [6, 6.07) is 6.24. The Bertz CT molecular complexity index is 703. The van der Waals surface area contributed by atoms with Gasteiger partial charge in [0.1, 0.15) is 0 Å². The first-order valence-electron chi connectivity index (χ1n) is 6.31. The van der Waals surface area contributed by atoms with Crippen LogP contribution in [-0.4, -0.2) is 32.0 Å². The Hall–Kier alpha value is -2.96. The minimum atomic E-state index is -0.974. The van der Waals surface area contributed by atoms with Crippen molar-refractivity contribution in [3.8, 4) is 0 Å². The minimum Gasteiger partial charge on any atom is -0.478 e. The molecule has 7 nitrogen and oxygen atoms in total. The van der Waals surface area contributed by atoms with Gasteiger partial charge in [-0.25, -0.2) is 19.6 Å². The second kappa shape index (κ2) is 5.20. The number of nitrogens with zero attached hydrogens (tertiary/aromatic N) is 3. The number of hydrogen-bond donors (Lipinski definition) is 2. The van der Waals surface area contributed by atoms with Gasteiger partial charge >= 0.3 is 12.0 Å². The molecule has 1 aliphatic rings. The number of carbonyl (C=O) groups is 2. The van der Waals surface area contributed by atoms with Crippen molar-refractivity contribution in [3.05, 3.63) is 53.3 Å². The topological polar surface area (TPSA) is 95.4 Å². The van der Waals surface area contributed by atoms with Crippen molar-refractivity contribution in [1.82, 2.24) is 14.9 Å². The Morgan fingerprint density at radius 3 is 2.57 bits per heavy atom. The summed E-state index contributed by atoms with van der Waals surface area (Å²) in [4.78, 5) is 32.5. The number of anilines is 1. The van der Waals surface area contributed by atoms with Gasteiger partial charge in [0.2, 0.25) is 5.95 Å². The Morgan fingerprint density at radius 1 is 1.14 bits per heavy atom. The molecule has 106 valence electrons. The highest BCUT2D eigenvalue weighted by molar-refractivity contribution is 5.89. The fourth-order valence-corrected chi connectivity index (χ4v) is 2.21. The molecule has 0 aliphatic carbocycles. The van der Waals surface area contributed by atoms with E-state index in [1.165, 1.54) is 0 Å². The fourth-order valence-electron chi connectivity index (χ4n) is 2.21. The van der Waals surface area contributed by atoms with Gasteiger partial charge in [0, 0.05) is 25.5 Å². The van der Waals surface area contributed by atoms with Crippen LogP contribution >= 0.6 is 0 Å². The number of aromatic nitrogens is 2. The quantitative estimate of drug-likeness (QED) is 0.875. The average molecular weight is 284 g/mol. The lowest BCUT2D eigenvalue weighted by atomic mass is 10.1. The molecule has 1 aromatic carbocycles. The second-order valence-electron chi connectivity index (χ2n) is 4.65. The Kier molecular flexibility index (Phi) is 3.23. The third-order valence-electron chi connectivity index (χ3n) is 3.25. The molecular weight excluding hydrogens is 272 g/mol. The standard InChI is InChI=1S/C14H12N4O3/c19-12(20)9-2-3-10-7-18(8-11(10)6-9)14(21)17-13-15-4-1-5-16-13/h1-6H,7-8H2,(H,19,20)(H,15,16,17,21). The third kappa shape index (κ3) is 2.66. The van der Waals surface area contributed by atoms with Gasteiger partial charge in [-0.2, -0.15) is 0 Å². The highest BCUT2D eigenvalue weighted by Crippen LogP contribution is 2.24. The smallest absolute Gasteiger partial charge is 0.335 e. The highest BCUT2D eigenvalue weighted by atomic mass is 16.4. The molecule has 2 N–H and O–H groups in total. The lowest BCUT2D eigenvalue weighted by Crippen LogP contribution is -2.30. The van der Waals surface area contributed by atoms with Crippen molar-refractivity contribution in [3.63, 3.8) is 0 Å². The van der Waals surface area contributed by atoms with Crippen LogP contribution in [0.2, 0.25) is 0 Å². The van der Waals surface area contributed by atoms with Crippen LogP contribution in [0.15, 0.2) is 36.7 Å². The van der Waals surface area contributed by atoms with Crippen molar-refractivity contribution in [2.45, 2.75) is 13.1 Å². The first kappa shape index (κ1) is 13.0. The van der Waals surface area contributed by atoms with E-state index in [-0.39, 0.29) is 17.5 Å². The molecule has 1 aliphatic heterocycles. The van der Waals surface area contributed by atoms with E-state index in [1.807, 2.05) is 0 Å². The van der Waals surface area contributed by atoms with Crippen LogP contribution in [0.4, 0.5) is 10.7 Å². The molecule has 2 aromatic rings. The number of rotatable bonds is 2. The molecule has 0 atom stereocenters. The number of amides is 2. The van der Waals surface area contributed by atoms with Crippen molar-refractivity contribution in [1.29, 1.82) is 0 Å². The van der Waals surface area contributed by atoms with E-state index in [0.717, 1.165) is 11.1 Å². The summed E-state index contributed by atoms with van der Waals surface area (Å²) >= 11 is 0. The molecule has 0 radical (unpaired) electrons. The summed E-state index contributed by atoms with van der Waals surface area (Å²) in [5.41, 5.74) is 2.02. The first-order chi connectivity index (χ1) is 10.1. The van der Waals surface area contributed by atoms with E-state index < -0.39 is 5.97 Å². The van der Waals surface area contributed by atoms with Gasteiger partial charge in [-0.15, -0.1) is 0 Å². The van der Waals surface area contributed by atoms with Gasteiger partial charge in [-0.3, -0.25) is 5.32 Å². The lowest BCUT2D eigenvalue weighted by molar-refractivity contribution is 0.0696. The van der Waals surface area contributed by atoms with E-state index in [9.17, 15) is 9.59 Å². The molecule has 0 saturated carbocycles. The maximum absolute atomic E-state index is 12.1. The molecule has 0 unspecified atom stereocenters. The lowest BCUT2D eigenvalue weighted by Gasteiger charge is -2.15. The highest BCUT2D eigenvalue weighted by Gasteiger charge is 2.24. The fraction of sp³-hybridized carbons (Fsp3) is 0.143. The van der Waals surface area contributed by atoms with E-state index in [1.54, 1.807) is 41.6 Å². The zero-order valence-electron chi connectivity index (χ0n) is 11.0. The summed E-state index contributed by atoms with van der Waals surface area (Å²) in [6.45, 7) is 0.809. The van der Waals surface area contributed by atoms with E-state index >= 15 is 0 Å². The van der Waals surface area contributed by atoms with Crippen LogP contribution in [-0.2, 0) is 13.1 Å². The maximum Gasteiger partial charge on any atom is 0.335 e. The van der Waals surface area contributed by atoms with Crippen molar-refractivity contribution >= 4 is 17.9 Å². The third-order valence-corrected chi connectivity index (χ3v) is 3.25. The number of nitrogens with one attached hydrogen (secondary N) is 1. The molecule has 21 heavy (non-hydrogen) atoms. The molecule has 2 heterocycles. The van der Waals surface area contributed by atoms with Crippen LogP contribution in [0.3, 0.4) is 0 Å². The molecular formula is C14H12N4O3. The SMILES string of the molecule is O=C(O)c1ccc2c(c1)CN(C(=O)Nc1ncccn1)C2. The zero-order chi connectivity index (χ0) is 14.8. The number of urea groups is 1. The zero-order valence-corrected chi connectivity index (χ0v) is 11.0. The summed E-state index contributed by atoms with van der Waals surface area (Å²) in [6.07, 6.45) is 3.08. The second-order valence-corrected chi connectivity index (χ2v) is 4.65. The summed E-state index contributed by atoms with van der Waals surface area (Å²) < 4.78 is 0. The van der Waals surface area contributed by atoms with E-state index in [2.05, 4.69) is 15.3 Å². The monoisotopic (exact) mass is 284 g/mol.